The second-order valence-electron chi connectivity index (χ2n) is 11.2. The molecule has 2 N–H and O–H groups in total. The predicted octanol–water partition coefficient (Wildman–Crippen LogP) is 2.96. The number of carbonyl (C=O) groups excluding carboxylic acids is 2. The van der Waals surface area contributed by atoms with Crippen LogP contribution < -0.4 is 10.6 Å². The third-order valence-electron chi connectivity index (χ3n) is 8.46. The number of nitriles is 1. The Kier molecular flexibility index (Phi) is 9.26. The summed E-state index contributed by atoms with van der Waals surface area (Å²) in [4.78, 5) is 34.0. The molecule has 4 fully saturated rings. The van der Waals surface area contributed by atoms with Crippen LogP contribution in [0.2, 0.25) is 0 Å². The number of hydrogen-bond acceptors (Lipinski definition) is 7. The zero-order chi connectivity index (χ0) is 24.7. The molecule has 35 heavy (non-hydrogen) atoms. The molecule has 0 bridgehead atoms. The van der Waals surface area contributed by atoms with Crippen molar-refractivity contribution in [3.05, 3.63) is 0 Å². The molecule has 0 radical (unpaired) electrons. The van der Waals surface area contributed by atoms with Crippen molar-refractivity contribution in [2.24, 2.45) is 11.8 Å². The maximum Gasteiger partial charge on any atom is 0.426 e. The maximum absolute atomic E-state index is 13.5. The number of amides is 2. The van der Waals surface area contributed by atoms with Crippen LogP contribution in [-0.4, -0.2) is 79.0 Å². The first-order chi connectivity index (χ1) is 17.0. The smallest absolute Gasteiger partial charge is 0.379 e. The van der Waals surface area contributed by atoms with Gasteiger partial charge in [-0.3, -0.25) is 9.69 Å². The van der Waals surface area contributed by atoms with Crippen LogP contribution in [0.5, 0.6) is 0 Å². The molecule has 0 aromatic carbocycles. The number of carbonyl (C=O) groups is 2. The summed E-state index contributed by atoms with van der Waals surface area (Å²) >= 11 is 0. The fourth-order valence-corrected chi connectivity index (χ4v) is 6.21. The number of likely N-dealkylation sites (tertiary alicyclic amines) is 1. The van der Waals surface area contributed by atoms with Gasteiger partial charge in [0.05, 0.1) is 32.4 Å². The molecule has 0 aromatic rings. The molecule has 2 aliphatic heterocycles. The van der Waals surface area contributed by atoms with Gasteiger partial charge in [0, 0.05) is 19.1 Å². The van der Waals surface area contributed by atoms with Crippen molar-refractivity contribution < 1.29 is 19.2 Å². The molecule has 2 saturated carbocycles. The Balaban J connectivity index is 1.37. The molecule has 4 rings (SSSR count). The van der Waals surface area contributed by atoms with Crippen LogP contribution in [0.15, 0.2) is 0 Å². The van der Waals surface area contributed by atoms with Crippen LogP contribution in [0.1, 0.15) is 77.6 Å². The van der Waals surface area contributed by atoms with Crippen molar-refractivity contribution in [1.29, 1.82) is 5.26 Å². The van der Waals surface area contributed by atoms with Gasteiger partial charge in [0.15, 0.2) is 0 Å². The van der Waals surface area contributed by atoms with Gasteiger partial charge < -0.3 is 20.2 Å². The highest BCUT2D eigenvalue weighted by Gasteiger charge is 2.43. The fourth-order valence-electron chi connectivity index (χ4n) is 6.21. The van der Waals surface area contributed by atoms with E-state index in [1.54, 1.807) is 5.06 Å². The summed E-state index contributed by atoms with van der Waals surface area (Å²) in [6.45, 7) is 5.75. The van der Waals surface area contributed by atoms with Crippen molar-refractivity contribution in [2.75, 3.05) is 39.4 Å². The summed E-state index contributed by atoms with van der Waals surface area (Å²) in [5, 5.41) is 17.6. The van der Waals surface area contributed by atoms with Crippen LogP contribution in [0.25, 0.3) is 0 Å². The molecule has 2 atom stereocenters. The van der Waals surface area contributed by atoms with Gasteiger partial charge in [-0.05, 0) is 50.4 Å². The first-order valence-corrected chi connectivity index (χ1v) is 13.7. The summed E-state index contributed by atoms with van der Waals surface area (Å²) < 4.78 is 5.30. The molecule has 4 aliphatic rings. The third-order valence-corrected chi connectivity index (χ3v) is 8.46. The van der Waals surface area contributed by atoms with Crippen LogP contribution in [0, 0.1) is 23.2 Å². The van der Waals surface area contributed by atoms with E-state index in [9.17, 15) is 14.9 Å². The first kappa shape index (κ1) is 26.2. The Hall–Kier alpha value is -1.89. The van der Waals surface area contributed by atoms with Crippen molar-refractivity contribution in [3.63, 3.8) is 0 Å². The van der Waals surface area contributed by atoms with Crippen LogP contribution >= 0.6 is 0 Å². The van der Waals surface area contributed by atoms with Crippen molar-refractivity contribution in [2.45, 2.75) is 95.2 Å². The lowest BCUT2D eigenvalue weighted by Crippen LogP contribution is -2.57. The van der Waals surface area contributed by atoms with Gasteiger partial charge in [-0.25, -0.2) is 4.79 Å². The van der Waals surface area contributed by atoms with Gasteiger partial charge in [0.2, 0.25) is 5.91 Å². The lowest BCUT2D eigenvalue weighted by Gasteiger charge is -2.34. The Morgan fingerprint density at radius 3 is 2.49 bits per heavy atom. The average molecular weight is 490 g/mol. The zero-order valence-electron chi connectivity index (χ0n) is 21.3. The van der Waals surface area contributed by atoms with Gasteiger partial charge in [0.25, 0.3) is 0 Å². The van der Waals surface area contributed by atoms with E-state index < -0.39 is 17.7 Å². The molecule has 0 spiro atoms. The molecule has 2 aliphatic carbocycles. The standard InChI is InChI=1S/C26H43N5O4/c1-20-7-9-22(10-8-20)30-12-11-26(18-27,19-30)29-24(32)23(17-21-5-3-2-4-6-21)28-25(33)35-31-13-15-34-16-14-31/h20-23H,2-17,19H2,1H3,(H,28,33)(H,29,32)/t20-,22-,23?,26?. The van der Waals surface area contributed by atoms with E-state index in [1.807, 2.05) is 0 Å². The quantitative estimate of drug-likeness (QED) is 0.566. The number of nitrogens with one attached hydrogen (secondary N) is 2. The summed E-state index contributed by atoms with van der Waals surface area (Å²) in [5.41, 5.74) is -0.902. The monoisotopic (exact) mass is 489 g/mol. The highest BCUT2D eigenvalue weighted by Crippen LogP contribution is 2.32. The summed E-state index contributed by atoms with van der Waals surface area (Å²) in [6.07, 6.45) is 11.1. The van der Waals surface area contributed by atoms with Crippen LogP contribution in [0.4, 0.5) is 4.79 Å². The SMILES string of the molecule is C[C@H]1CC[C@H](N2CCC(C#N)(NC(=O)C(CC3CCCCC3)NC(=O)ON3CCOCC3)C2)CC1. The molecule has 196 valence electrons. The topological polar surface area (TPSA) is 107 Å². The van der Waals surface area contributed by atoms with Crippen LogP contribution in [0.3, 0.4) is 0 Å². The Labute approximate surface area is 209 Å². The normalized spacial score (nSPS) is 31.9. The lowest BCUT2D eigenvalue weighted by molar-refractivity contribution is -0.147. The number of morpholine rings is 1. The lowest BCUT2D eigenvalue weighted by atomic mass is 9.84. The van der Waals surface area contributed by atoms with E-state index >= 15 is 0 Å². The number of rotatable bonds is 7. The van der Waals surface area contributed by atoms with Gasteiger partial charge in [-0.1, -0.05) is 39.0 Å². The molecule has 2 heterocycles. The van der Waals surface area contributed by atoms with Crippen molar-refractivity contribution >= 4 is 12.0 Å². The third kappa shape index (κ3) is 7.31. The maximum atomic E-state index is 13.5. The minimum absolute atomic E-state index is 0.268. The van der Waals surface area contributed by atoms with Crippen molar-refractivity contribution in [3.8, 4) is 6.07 Å². The highest BCUT2D eigenvalue weighted by atomic mass is 16.7. The minimum atomic E-state index is -0.902. The second kappa shape index (κ2) is 12.4. The Morgan fingerprint density at radius 2 is 1.80 bits per heavy atom. The van der Waals surface area contributed by atoms with E-state index in [2.05, 4.69) is 28.5 Å². The zero-order valence-corrected chi connectivity index (χ0v) is 21.3. The molecule has 2 unspecified atom stereocenters. The minimum Gasteiger partial charge on any atom is -0.379 e. The molecule has 0 aromatic heterocycles. The van der Waals surface area contributed by atoms with E-state index in [-0.39, 0.29) is 5.91 Å². The Bertz CT molecular complexity index is 753. The fraction of sp³-hybridized carbons (Fsp3) is 0.885. The summed E-state index contributed by atoms with van der Waals surface area (Å²) in [6, 6.07) is 2.22. The summed E-state index contributed by atoms with van der Waals surface area (Å²) in [5.74, 6) is 0.902. The molecular weight excluding hydrogens is 446 g/mol. The van der Waals surface area contributed by atoms with Crippen molar-refractivity contribution in [1.82, 2.24) is 20.6 Å². The average Bonchev–Trinajstić information content (AvgIpc) is 3.29. The van der Waals surface area contributed by atoms with Gasteiger partial charge in [-0.2, -0.15) is 5.26 Å². The number of ether oxygens (including phenoxy) is 1. The van der Waals surface area contributed by atoms with Gasteiger partial charge in [0.1, 0.15) is 11.6 Å². The molecule has 9 nitrogen and oxygen atoms in total. The summed E-state index contributed by atoms with van der Waals surface area (Å²) in [7, 11) is 0. The van der Waals surface area contributed by atoms with Gasteiger partial charge in [-0.15, -0.1) is 5.06 Å². The van der Waals surface area contributed by atoms with E-state index in [4.69, 9.17) is 9.57 Å². The largest absolute Gasteiger partial charge is 0.426 e. The molecule has 9 heteroatoms. The van der Waals surface area contributed by atoms with Gasteiger partial charge >= 0.3 is 6.09 Å². The first-order valence-electron chi connectivity index (χ1n) is 13.7. The number of hydrogen-bond donors (Lipinski definition) is 2. The second-order valence-corrected chi connectivity index (χ2v) is 11.2. The Morgan fingerprint density at radius 1 is 1.09 bits per heavy atom. The predicted molar refractivity (Wildman–Crippen MR) is 131 cm³/mol. The van der Waals surface area contributed by atoms with E-state index in [0.29, 0.717) is 57.6 Å². The van der Waals surface area contributed by atoms with E-state index in [0.717, 1.165) is 51.0 Å². The highest BCUT2D eigenvalue weighted by molar-refractivity contribution is 5.86. The molecule has 2 saturated heterocycles. The number of nitrogens with zero attached hydrogens (tertiary/aromatic N) is 3. The van der Waals surface area contributed by atoms with Crippen LogP contribution in [-0.2, 0) is 14.4 Å². The number of hydroxylamine groups is 2. The van der Waals surface area contributed by atoms with E-state index in [1.165, 1.54) is 19.3 Å². The molecule has 2 amide bonds. The molecular formula is C26H43N5O4.